The molecule has 152 valence electrons. The van der Waals surface area contributed by atoms with Crippen LogP contribution in [0.1, 0.15) is 110 Å². The molecule has 3 atom stereocenters. The van der Waals surface area contributed by atoms with Gasteiger partial charge in [0.2, 0.25) is 0 Å². The van der Waals surface area contributed by atoms with E-state index in [1.165, 1.54) is 83.5 Å². The van der Waals surface area contributed by atoms with E-state index in [1.54, 1.807) is 12.8 Å². The molecule has 3 saturated carbocycles. The Labute approximate surface area is 163 Å². The van der Waals surface area contributed by atoms with Crippen molar-refractivity contribution >= 4 is 0 Å². The lowest BCUT2D eigenvalue weighted by molar-refractivity contribution is 0.0519. The second-order valence-electron chi connectivity index (χ2n) is 10.3. The van der Waals surface area contributed by atoms with E-state index in [4.69, 9.17) is 0 Å². The third-order valence-corrected chi connectivity index (χ3v) is 8.88. The Balaban J connectivity index is 1.42. The number of unbranched alkanes of at least 4 members (excludes halogenated alkanes) is 1. The van der Waals surface area contributed by atoms with Crippen LogP contribution in [0.15, 0.2) is 0 Å². The molecule has 0 spiro atoms. The average Bonchev–Trinajstić information content (AvgIpc) is 2.72. The van der Waals surface area contributed by atoms with Gasteiger partial charge in [0, 0.05) is 6.61 Å². The van der Waals surface area contributed by atoms with E-state index in [2.05, 4.69) is 13.8 Å². The molecule has 3 rings (SSSR count). The quantitative estimate of drug-likeness (QED) is 0.506. The number of aliphatic hydroxyl groups excluding tert-OH is 1. The fraction of sp³-hybridized carbons (Fsp3) is 1.00. The first-order valence-electron chi connectivity index (χ1n) is 12.4. The van der Waals surface area contributed by atoms with E-state index in [-0.39, 0.29) is 0 Å². The summed E-state index contributed by atoms with van der Waals surface area (Å²) in [5.41, 5.74) is 0. The van der Waals surface area contributed by atoms with Crippen LogP contribution in [0.25, 0.3) is 0 Å². The molecular weight excluding hydrogens is 316 g/mol. The van der Waals surface area contributed by atoms with Crippen molar-refractivity contribution in [2.24, 2.45) is 41.4 Å². The van der Waals surface area contributed by atoms with Gasteiger partial charge in [0.05, 0.1) is 0 Å². The maximum atomic E-state index is 9.55. The van der Waals surface area contributed by atoms with Crippen molar-refractivity contribution < 1.29 is 5.11 Å². The van der Waals surface area contributed by atoms with Crippen LogP contribution in [0.2, 0.25) is 0 Å². The lowest BCUT2D eigenvalue weighted by atomic mass is 9.62. The Morgan fingerprint density at radius 2 is 1.27 bits per heavy atom. The molecule has 0 radical (unpaired) electrons. The van der Waals surface area contributed by atoms with Crippen LogP contribution < -0.4 is 0 Å². The minimum absolute atomic E-state index is 0.427. The molecule has 1 nitrogen and oxygen atoms in total. The second kappa shape index (κ2) is 10.5. The normalized spacial score (nSPS) is 41.9. The van der Waals surface area contributed by atoms with E-state index in [9.17, 15) is 5.11 Å². The summed E-state index contributed by atoms with van der Waals surface area (Å²) in [6.45, 7) is 5.15. The number of aliphatic hydroxyl groups is 1. The second-order valence-corrected chi connectivity index (χ2v) is 10.3. The van der Waals surface area contributed by atoms with Gasteiger partial charge in [0.25, 0.3) is 0 Å². The number of hydrogen-bond donors (Lipinski definition) is 1. The van der Waals surface area contributed by atoms with Crippen molar-refractivity contribution in [3.63, 3.8) is 0 Å². The molecule has 26 heavy (non-hydrogen) atoms. The van der Waals surface area contributed by atoms with Gasteiger partial charge in [-0.15, -0.1) is 0 Å². The Hall–Kier alpha value is -0.0400. The fourth-order valence-electron chi connectivity index (χ4n) is 7.13. The fourth-order valence-corrected chi connectivity index (χ4v) is 7.13. The van der Waals surface area contributed by atoms with E-state index in [0.29, 0.717) is 12.5 Å². The van der Waals surface area contributed by atoms with Gasteiger partial charge in [-0.05, 0) is 99.2 Å². The smallest absolute Gasteiger partial charge is 0.0459 e. The lowest BCUT2D eigenvalue weighted by Crippen LogP contribution is -2.34. The van der Waals surface area contributed by atoms with Crippen LogP contribution in [0.5, 0.6) is 0 Å². The molecule has 0 amide bonds. The summed E-state index contributed by atoms with van der Waals surface area (Å²) in [6, 6.07) is 0. The molecule has 0 aliphatic heterocycles. The zero-order chi connectivity index (χ0) is 18.4. The largest absolute Gasteiger partial charge is 0.396 e. The predicted molar refractivity (Wildman–Crippen MR) is 112 cm³/mol. The van der Waals surface area contributed by atoms with Crippen molar-refractivity contribution in [2.75, 3.05) is 6.61 Å². The van der Waals surface area contributed by atoms with E-state index in [1.807, 2.05) is 0 Å². The highest BCUT2D eigenvalue weighted by molar-refractivity contribution is 4.88. The van der Waals surface area contributed by atoms with Crippen LogP contribution in [-0.4, -0.2) is 11.7 Å². The SMILES string of the molecule is CCCCC1CCC(C2CCC(C3CCC(CO)CC3CC)CC2)CC1. The van der Waals surface area contributed by atoms with Crippen molar-refractivity contribution in [2.45, 2.75) is 110 Å². The van der Waals surface area contributed by atoms with E-state index in [0.717, 1.165) is 35.5 Å². The van der Waals surface area contributed by atoms with Crippen LogP contribution in [0.4, 0.5) is 0 Å². The molecule has 3 aliphatic carbocycles. The predicted octanol–water partition coefficient (Wildman–Crippen LogP) is 7.22. The van der Waals surface area contributed by atoms with Gasteiger partial charge in [0.1, 0.15) is 0 Å². The first kappa shape index (κ1) is 20.7. The Morgan fingerprint density at radius 1 is 0.692 bits per heavy atom. The molecule has 0 aromatic rings. The van der Waals surface area contributed by atoms with Gasteiger partial charge in [0.15, 0.2) is 0 Å². The molecule has 3 fully saturated rings. The van der Waals surface area contributed by atoms with Crippen molar-refractivity contribution in [1.29, 1.82) is 0 Å². The summed E-state index contributed by atoms with van der Waals surface area (Å²) in [5.74, 6) is 6.69. The summed E-state index contributed by atoms with van der Waals surface area (Å²) < 4.78 is 0. The minimum atomic E-state index is 0.427. The van der Waals surface area contributed by atoms with Gasteiger partial charge >= 0.3 is 0 Å². The zero-order valence-electron chi connectivity index (χ0n) is 17.8. The highest BCUT2D eigenvalue weighted by atomic mass is 16.3. The summed E-state index contributed by atoms with van der Waals surface area (Å²) in [7, 11) is 0. The monoisotopic (exact) mass is 362 g/mol. The van der Waals surface area contributed by atoms with Gasteiger partial charge < -0.3 is 5.11 Å². The zero-order valence-corrected chi connectivity index (χ0v) is 17.8. The Bertz CT molecular complexity index is 376. The maximum Gasteiger partial charge on any atom is 0.0459 e. The summed E-state index contributed by atoms with van der Waals surface area (Å²) in [4.78, 5) is 0. The molecule has 1 heteroatoms. The number of hydrogen-bond acceptors (Lipinski definition) is 1. The van der Waals surface area contributed by atoms with E-state index < -0.39 is 0 Å². The van der Waals surface area contributed by atoms with Gasteiger partial charge in [-0.1, -0.05) is 52.4 Å². The van der Waals surface area contributed by atoms with Gasteiger partial charge in [-0.25, -0.2) is 0 Å². The molecule has 0 heterocycles. The standard InChI is InChI=1S/C25H46O/c1-3-5-6-19-7-10-22(11-8-19)23-12-14-24(15-13-23)25-16-9-20(18-26)17-21(25)4-2/h19-26H,3-18H2,1-2H3. The molecular formula is C25H46O. The molecule has 1 N–H and O–H groups in total. The van der Waals surface area contributed by atoms with Gasteiger partial charge in [-0.3, -0.25) is 0 Å². The highest BCUT2D eigenvalue weighted by Gasteiger charge is 2.37. The van der Waals surface area contributed by atoms with Crippen molar-refractivity contribution in [3.8, 4) is 0 Å². The van der Waals surface area contributed by atoms with Crippen molar-refractivity contribution in [1.82, 2.24) is 0 Å². The third kappa shape index (κ3) is 5.27. The van der Waals surface area contributed by atoms with Crippen LogP contribution in [-0.2, 0) is 0 Å². The van der Waals surface area contributed by atoms with Crippen LogP contribution in [0.3, 0.4) is 0 Å². The molecule has 0 aromatic carbocycles. The lowest BCUT2D eigenvalue weighted by Gasteiger charge is -2.44. The van der Waals surface area contributed by atoms with E-state index >= 15 is 0 Å². The van der Waals surface area contributed by atoms with Crippen LogP contribution in [0, 0.1) is 41.4 Å². The molecule has 0 aromatic heterocycles. The maximum absolute atomic E-state index is 9.55. The molecule has 0 bridgehead atoms. The highest BCUT2D eigenvalue weighted by Crippen LogP contribution is 2.48. The topological polar surface area (TPSA) is 20.2 Å². The molecule has 0 saturated heterocycles. The van der Waals surface area contributed by atoms with Crippen LogP contribution >= 0.6 is 0 Å². The Morgan fingerprint density at radius 3 is 1.85 bits per heavy atom. The summed E-state index contributed by atoms with van der Waals surface area (Å²) in [6.07, 6.45) is 21.9. The average molecular weight is 363 g/mol. The Kier molecular flexibility index (Phi) is 8.35. The van der Waals surface area contributed by atoms with Crippen molar-refractivity contribution in [3.05, 3.63) is 0 Å². The first-order chi connectivity index (χ1) is 12.7. The van der Waals surface area contributed by atoms with Gasteiger partial charge in [-0.2, -0.15) is 0 Å². The molecule has 3 unspecified atom stereocenters. The minimum Gasteiger partial charge on any atom is -0.396 e. The third-order valence-electron chi connectivity index (χ3n) is 8.88. The molecule has 3 aliphatic rings. The first-order valence-corrected chi connectivity index (χ1v) is 12.4. The number of rotatable bonds is 7. The summed E-state index contributed by atoms with van der Waals surface area (Å²) in [5, 5.41) is 9.55. The summed E-state index contributed by atoms with van der Waals surface area (Å²) >= 11 is 0.